The quantitative estimate of drug-likeness (QED) is 0.610. The van der Waals surface area contributed by atoms with E-state index < -0.39 is 0 Å². The van der Waals surface area contributed by atoms with E-state index in [1.54, 1.807) is 0 Å². The van der Waals surface area contributed by atoms with Crippen LogP contribution in [0.1, 0.15) is 11.6 Å². The van der Waals surface area contributed by atoms with Crippen molar-refractivity contribution < 1.29 is 0 Å². The second kappa shape index (κ2) is 3.42. The lowest BCUT2D eigenvalue weighted by molar-refractivity contribution is 0.770. The van der Waals surface area contributed by atoms with Gasteiger partial charge in [0.25, 0.3) is 0 Å². The molecule has 0 spiro atoms. The first-order chi connectivity index (χ1) is 9.93. The normalized spacial score (nSPS) is 17.8. The van der Waals surface area contributed by atoms with Gasteiger partial charge in [0.15, 0.2) is 0 Å². The zero-order chi connectivity index (χ0) is 13.1. The van der Waals surface area contributed by atoms with Gasteiger partial charge >= 0.3 is 0 Å². The van der Waals surface area contributed by atoms with Gasteiger partial charge in [-0.15, -0.1) is 0 Å². The summed E-state index contributed by atoms with van der Waals surface area (Å²) in [5.74, 6) is 0. The molecule has 4 heteroatoms. The van der Waals surface area contributed by atoms with E-state index >= 15 is 0 Å². The van der Waals surface area contributed by atoms with Crippen molar-refractivity contribution in [3.05, 3.63) is 71.0 Å². The third-order valence-corrected chi connectivity index (χ3v) is 3.95. The summed E-state index contributed by atoms with van der Waals surface area (Å²) in [4.78, 5) is 9.38. The van der Waals surface area contributed by atoms with Crippen molar-refractivity contribution in [2.75, 3.05) is 0 Å². The lowest BCUT2D eigenvalue weighted by atomic mass is 9.97. The number of pyridine rings is 1. The summed E-state index contributed by atoms with van der Waals surface area (Å²) >= 11 is 0. The summed E-state index contributed by atoms with van der Waals surface area (Å²) in [7, 11) is 0. The monoisotopic (exact) mass is 258 g/mol. The molecular formula is C16H10N4. The summed E-state index contributed by atoms with van der Waals surface area (Å²) in [6.45, 7) is 0. The lowest BCUT2D eigenvalue weighted by Gasteiger charge is -2.23. The first-order valence-electron chi connectivity index (χ1n) is 6.60. The molecule has 20 heavy (non-hydrogen) atoms. The van der Waals surface area contributed by atoms with E-state index in [0.717, 1.165) is 33.2 Å². The lowest BCUT2D eigenvalue weighted by Crippen LogP contribution is -2.26. The maximum Gasteiger partial charge on any atom is 0.121 e. The van der Waals surface area contributed by atoms with Crippen LogP contribution in [0.2, 0.25) is 0 Å². The molecule has 1 aromatic carbocycles. The van der Waals surface area contributed by atoms with Crippen molar-refractivity contribution in [1.82, 2.24) is 14.8 Å². The van der Waals surface area contributed by atoms with Crippen LogP contribution < -0.4 is 10.6 Å². The molecule has 2 aliphatic rings. The molecule has 4 nitrogen and oxygen atoms in total. The van der Waals surface area contributed by atoms with E-state index in [1.807, 2.05) is 41.3 Å². The molecule has 1 atom stereocenters. The molecule has 0 amide bonds. The summed E-state index contributed by atoms with van der Waals surface area (Å²) in [5.41, 5.74) is 4.32. The Balaban J connectivity index is 2.01. The van der Waals surface area contributed by atoms with Gasteiger partial charge in [0.05, 0.1) is 28.6 Å². The van der Waals surface area contributed by atoms with E-state index in [0.29, 0.717) is 0 Å². The number of hydrogen-bond donors (Lipinski definition) is 0. The third-order valence-electron chi connectivity index (χ3n) is 3.95. The minimum Gasteiger partial charge on any atom is -0.270 e. The number of rotatable bonds is 0. The fourth-order valence-electron chi connectivity index (χ4n) is 3.12. The molecule has 0 saturated heterocycles. The SMILES string of the molecule is c1cnc2c(c1)C1N=c3ccccc3=C1n1nccc1-2. The molecule has 0 bridgehead atoms. The first kappa shape index (κ1) is 10.1. The molecule has 0 saturated carbocycles. The van der Waals surface area contributed by atoms with Crippen molar-refractivity contribution in [3.63, 3.8) is 0 Å². The number of nitrogens with zero attached hydrogens (tertiary/aromatic N) is 4. The van der Waals surface area contributed by atoms with Crippen molar-refractivity contribution in [2.45, 2.75) is 6.04 Å². The van der Waals surface area contributed by atoms with Crippen molar-refractivity contribution in [3.8, 4) is 11.4 Å². The first-order valence-corrected chi connectivity index (χ1v) is 6.60. The van der Waals surface area contributed by atoms with Gasteiger partial charge in [0.2, 0.25) is 0 Å². The van der Waals surface area contributed by atoms with Crippen LogP contribution in [0.15, 0.2) is 59.9 Å². The average Bonchev–Trinajstić information content (AvgIpc) is 3.11. The summed E-state index contributed by atoms with van der Waals surface area (Å²) in [5, 5.41) is 6.67. The van der Waals surface area contributed by atoms with Crippen LogP contribution in [-0.2, 0) is 0 Å². The molecule has 2 aromatic heterocycles. The van der Waals surface area contributed by atoms with Crippen molar-refractivity contribution in [1.29, 1.82) is 0 Å². The standard InChI is InChI=1S/C16H10N4/c1-2-6-12-10(4-1)16-15(19-12)11-5-3-8-17-14(11)13-7-9-18-20(13)16/h1-9,15H. The minimum atomic E-state index is 0.00324. The van der Waals surface area contributed by atoms with Gasteiger partial charge in [-0.25, -0.2) is 4.68 Å². The molecular weight excluding hydrogens is 248 g/mol. The molecule has 0 N–H and O–H groups in total. The zero-order valence-electron chi connectivity index (χ0n) is 10.6. The van der Waals surface area contributed by atoms with Crippen LogP contribution in [-0.4, -0.2) is 14.8 Å². The van der Waals surface area contributed by atoms with Gasteiger partial charge in [0, 0.05) is 17.0 Å². The molecule has 94 valence electrons. The van der Waals surface area contributed by atoms with Crippen LogP contribution in [0.5, 0.6) is 0 Å². The average molecular weight is 258 g/mol. The third kappa shape index (κ3) is 1.09. The van der Waals surface area contributed by atoms with Gasteiger partial charge in [-0.05, 0) is 18.2 Å². The van der Waals surface area contributed by atoms with Gasteiger partial charge in [0.1, 0.15) is 6.04 Å². The Labute approximate surface area is 114 Å². The fraction of sp³-hybridized carbons (Fsp3) is 0.0625. The van der Waals surface area contributed by atoms with Crippen LogP contribution >= 0.6 is 0 Å². The fourth-order valence-corrected chi connectivity index (χ4v) is 3.12. The summed E-state index contributed by atoms with van der Waals surface area (Å²) < 4.78 is 1.98. The highest BCUT2D eigenvalue weighted by Crippen LogP contribution is 2.40. The Morgan fingerprint density at radius 2 is 1.90 bits per heavy atom. The van der Waals surface area contributed by atoms with Gasteiger partial charge in [-0.3, -0.25) is 9.98 Å². The van der Waals surface area contributed by atoms with Crippen LogP contribution in [0.4, 0.5) is 0 Å². The number of para-hydroxylation sites is 1. The molecule has 5 rings (SSSR count). The maximum absolute atomic E-state index is 4.86. The Kier molecular flexibility index (Phi) is 1.72. The highest BCUT2D eigenvalue weighted by molar-refractivity contribution is 5.75. The molecule has 0 fully saturated rings. The number of benzene rings is 1. The predicted molar refractivity (Wildman–Crippen MR) is 74.2 cm³/mol. The summed E-state index contributed by atoms with van der Waals surface area (Å²) in [6, 6.07) is 14.3. The largest absolute Gasteiger partial charge is 0.270 e. The van der Waals surface area contributed by atoms with Gasteiger partial charge in [-0.1, -0.05) is 24.3 Å². The van der Waals surface area contributed by atoms with Gasteiger partial charge < -0.3 is 0 Å². The molecule has 4 heterocycles. The molecule has 0 aliphatic carbocycles. The van der Waals surface area contributed by atoms with Crippen molar-refractivity contribution in [2.24, 2.45) is 4.99 Å². The van der Waals surface area contributed by atoms with Crippen LogP contribution in [0.25, 0.3) is 17.1 Å². The molecule has 1 unspecified atom stereocenters. The second-order valence-electron chi connectivity index (χ2n) is 5.00. The van der Waals surface area contributed by atoms with E-state index in [2.05, 4.69) is 28.3 Å². The van der Waals surface area contributed by atoms with Gasteiger partial charge in [-0.2, -0.15) is 5.10 Å². The van der Waals surface area contributed by atoms with E-state index in [4.69, 9.17) is 4.99 Å². The topological polar surface area (TPSA) is 43.1 Å². The smallest absolute Gasteiger partial charge is 0.121 e. The minimum absolute atomic E-state index is 0.00324. The Bertz CT molecular complexity index is 968. The molecule has 3 aromatic rings. The Morgan fingerprint density at radius 3 is 2.90 bits per heavy atom. The highest BCUT2D eigenvalue weighted by Gasteiger charge is 2.32. The number of aromatic nitrogens is 3. The van der Waals surface area contributed by atoms with Crippen LogP contribution in [0.3, 0.4) is 0 Å². The highest BCUT2D eigenvalue weighted by atomic mass is 15.3. The zero-order valence-corrected chi connectivity index (χ0v) is 10.6. The van der Waals surface area contributed by atoms with E-state index in [-0.39, 0.29) is 6.04 Å². The van der Waals surface area contributed by atoms with E-state index in [1.165, 1.54) is 0 Å². The van der Waals surface area contributed by atoms with E-state index in [9.17, 15) is 0 Å². The predicted octanol–water partition coefficient (Wildman–Crippen LogP) is 1.29. The number of fused-ring (bicyclic) bond motifs is 7. The van der Waals surface area contributed by atoms with Crippen molar-refractivity contribution >= 4 is 5.70 Å². The second-order valence-corrected chi connectivity index (χ2v) is 5.00. The Morgan fingerprint density at radius 1 is 0.950 bits per heavy atom. The molecule has 0 radical (unpaired) electrons. The number of hydrogen-bond acceptors (Lipinski definition) is 3. The summed E-state index contributed by atoms with van der Waals surface area (Å²) in [6.07, 6.45) is 3.65. The maximum atomic E-state index is 4.86. The molecule has 2 aliphatic heterocycles. The Hall–Kier alpha value is -2.75. The van der Waals surface area contributed by atoms with Crippen LogP contribution in [0, 0.1) is 0 Å².